The molecule has 0 aliphatic carbocycles. The Bertz CT molecular complexity index is 1320. The number of nitrogens with one attached hydrogen (secondary N) is 1. The van der Waals surface area contributed by atoms with Gasteiger partial charge in [-0.05, 0) is 48.0 Å². The zero-order valence-corrected chi connectivity index (χ0v) is 21.3. The van der Waals surface area contributed by atoms with Gasteiger partial charge in [0.2, 0.25) is 5.91 Å². The molecule has 35 heavy (non-hydrogen) atoms. The molecule has 3 aromatic rings. The molecule has 1 N–H and O–H groups in total. The molecule has 2 aromatic carbocycles. The van der Waals surface area contributed by atoms with Crippen LogP contribution in [0.2, 0.25) is 10.0 Å². The fourth-order valence-electron chi connectivity index (χ4n) is 3.77. The number of para-hydroxylation sites is 1. The number of aromatic nitrogens is 1. The average Bonchev–Trinajstić information content (AvgIpc) is 3.31. The van der Waals surface area contributed by atoms with Crippen molar-refractivity contribution >= 4 is 69.0 Å². The van der Waals surface area contributed by atoms with Gasteiger partial charge in [-0.15, -0.1) is 0 Å². The molecule has 1 fully saturated rings. The van der Waals surface area contributed by atoms with Crippen molar-refractivity contribution in [2.24, 2.45) is 0 Å². The molecule has 1 aromatic heterocycles. The molecule has 0 atom stereocenters. The van der Waals surface area contributed by atoms with E-state index in [1.807, 2.05) is 35.0 Å². The van der Waals surface area contributed by atoms with Crippen molar-refractivity contribution in [3.8, 4) is 0 Å². The van der Waals surface area contributed by atoms with Crippen molar-refractivity contribution in [3.05, 3.63) is 74.7 Å². The van der Waals surface area contributed by atoms with Gasteiger partial charge in [0.25, 0.3) is 11.1 Å². The quantitative estimate of drug-likeness (QED) is 0.298. The van der Waals surface area contributed by atoms with Gasteiger partial charge in [-0.25, -0.2) is 0 Å². The maximum Gasteiger partial charge on any atom is 0.293 e. The van der Waals surface area contributed by atoms with Gasteiger partial charge in [0.05, 0.1) is 21.5 Å². The molecule has 1 aliphatic heterocycles. The summed E-state index contributed by atoms with van der Waals surface area (Å²) in [6.07, 6.45) is 4.26. The van der Waals surface area contributed by atoms with Gasteiger partial charge in [-0.1, -0.05) is 47.5 Å². The fraction of sp³-hybridized carbons (Fsp3) is 0.240. The number of fused-ring (bicyclic) bond motifs is 1. The number of amides is 3. The topological polar surface area (TPSA) is 80.6 Å². The minimum atomic E-state index is -0.376. The van der Waals surface area contributed by atoms with Gasteiger partial charge < -0.3 is 14.6 Å². The van der Waals surface area contributed by atoms with Crippen molar-refractivity contribution in [2.75, 3.05) is 20.3 Å². The van der Waals surface area contributed by atoms with Gasteiger partial charge in [0, 0.05) is 42.9 Å². The van der Waals surface area contributed by atoms with Crippen LogP contribution in [0.1, 0.15) is 17.5 Å². The first-order chi connectivity index (χ1) is 16.9. The van der Waals surface area contributed by atoms with E-state index in [2.05, 4.69) is 5.32 Å². The first-order valence-corrected chi connectivity index (χ1v) is 12.5. The Kier molecular flexibility index (Phi) is 8.18. The Morgan fingerprint density at radius 2 is 1.94 bits per heavy atom. The lowest BCUT2D eigenvalue weighted by atomic mass is 10.1. The summed E-state index contributed by atoms with van der Waals surface area (Å²) in [6.45, 7) is 1.35. The fourth-order valence-corrected chi connectivity index (χ4v) is 4.92. The van der Waals surface area contributed by atoms with E-state index >= 15 is 0 Å². The number of rotatable bonds is 9. The van der Waals surface area contributed by atoms with Crippen LogP contribution in [0, 0.1) is 0 Å². The minimum absolute atomic E-state index is 0.101. The Hall–Kier alpha value is -2.78. The number of halogens is 2. The molecule has 3 amide bonds. The highest BCUT2D eigenvalue weighted by molar-refractivity contribution is 8.18. The molecule has 182 valence electrons. The Morgan fingerprint density at radius 1 is 1.14 bits per heavy atom. The molecule has 0 radical (unpaired) electrons. The van der Waals surface area contributed by atoms with Crippen LogP contribution in [0.25, 0.3) is 17.0 Å². The Labute approximate surface area is 217 Å². The normalized spacial score (nSPS) is 14.9. The molecule has 2 heterocycles. The SMILES string of the molecule is COCCCNC(=O)Cn1cc(/C=C2\SC(=O)N(Cc3ccc(Cl)c(Cl)c3)C2=O)c2ccccc21. The summed E-state index contributed by atoms with van der Waals surface area (Å²) in [5, 5.41) is 4.18. The van der Waals surface area contributed by atoms with E-state index in [-0.39, 0.29) is 30.1 Å². The van der Waals surface area contributed by atoms with Crippen LogP contribution in [0.5, 0.6) is 0 Å². The lowest BCUT2D eigenvalue weighted by Crippen LogP contribution is -2.28. The molecular formula is C25H23Cl2N3O4S. The summed E-state index contributed by atoms with van der Waals surface area (Å²) in [4.78, 5) is 39.6. The van der Waals surface area contributed by atoms with Gasteiger partial charge in [0.1, 0.15) is 6.54 Å². The lowest BCUT2D eigenvalue weighted by Gasteiger charge is -2.12. The molecule has 0 saturated carbocycles. The van der Waals surface area contributed by atoms with E-state index < -0.39 is 0 Å². The van der Waals surface area contributed by atoms with Crippen LogP contribution in [0.3, 0.4) is 0 Å². The standard InChI is InChI=1S/C25H23Cl2N3O4S/c1-34-10-4-9-28-23(31)15-29-14-17(18-5-2-3-6-21(18)29)12-22-24(32)30(25(33)35-22)13-16-7-8-19(26)20(27)11-16/h2-3,5-8,11-12,14H,4,9-10,13,15H2,1H3,(H,28,31)/b22-12-. The molecule has 0 unspecified atom stereocenters. The second-order valence-electron chi connectivity index (χ2n) is 7.94. The Balaban J connectivity index is 1.54. The zero-order chi connectivity index (χ0) is 24.9. The van der Waals surface area contributed by atoms with Crippen LogP contribution < -0.4 is 5.32 Å². The van der Waals surface area contributed by atoms with Crippen LogP contribution >= 0.6 is 35.0 Å². The number of nitrogens with zero attached hydrogens (tertiary/aromatic N) is 2. The van der Waals surface area contributed by atoms with Crippen molar-refractivity contribution in [1.29, 1.82) is 0 Å². The number of carbonyl (C=O) groups excluding carboxylic acids is 3. The van der Waals surface area contributed by atoms with E-state index in [1.165, 1.54) is 4.90 Å². The molecule has 4 rings (SSSR count). The predicted molar refractivity (Wildman–Crippen MR) is 139 cm³/mol. The average molecular weight is 532 g/mol. The second-order valence-corrected chi connectivity index (χ2v) is 9.75. The summed E-state index contributed by atoms with van der Waals surface area (Å²) in [5.74, 6) is -0.492. The van der Waals surface area contributed by atoms with Crippen molar-refractivity contribution in [3.63, 3.8) is 0 Å². The van der Waals surface area contributed by atoms with Crippen molar-refractivity contribution < 1.29 is 19.1 Å². The predicted octanol–water partition coefficient (Wildman–Crippen LogP) is 5.34. The zero-order valence-electron chi connectivity index (χ0n) is 18.9. The maximum absolute atomic E-state index is 13.0. The number of methoxy groups -OCH3 is 1. The summed E-state index contributed by atoms with van der Waals surface area (Å²) >= 11 is 12.9. The number of thioether (sulfide) groups is 1. The molecular weight excluding hydrogens is 509 g/mol. The highest BCUT2D eigenvalue weighted by Crippen LogP contribution is 2.35. The third kappa shape index (κ3) is 5.90. The van der Waals surface area contributed by atoms with E-state index in [9.17, 15) is 14.4 Å². The number of benzene rings is 2. The van der Waals surface area contributed by atoms with Crippen LogP contribution in [0.15, 0.2) is 53.6 Å². The van der Waals surface area contributed by atoms with E-state index in [0.717, 1.165) is 34.6 Å². The number of imide groups is 1. The van der Waals surface area contributed by atoms with E-state index in [0.29, 0.717) is 33.7 Å². The lowest BCUT2D eigenvalue weighted by molar-refractivity contribution is -0.123. The summed E-state index contributed by atoms with van der Waals surface area (Å²) < 4.78 is 6.84. The van der Waals surface area contributed by atoms with Gasteiger partial charge in [-0.3, -0.25) is 19.3 Å². The third-order valence-corrected chi connectivity index (χ3v) is 7.11. The van der Waals surface area contributed by atoms with Crippen LogP contribution in [-0.2, 0) is 27.4 Å². The Morgan fingerprint density at radius 3 is 2.71 bits per heavy atom. The number of hydrogen-bond acceptors (Lipinski definition) is 5. The summed E-state index contributed by atoms with van der Waals surface area (Å²) in [7, 11) is 1.62. The highest BCUT2D eigenvalue weighted by atomic mass is 35.5. The number of carbonyl (C=O) groups is 3. The molecule has 1 saturated heterocycles. The van der Waals surface area contributed by atoms with Gasteiger partial charge >= 0.3 is 0 Å². The molecule has 1 aliphatic rings. The van der Waals surface area contributed by atoms with Crippen LogP contribution in [-0.4, -0.2) is 46.8 Å². The molecule has 7 nitrogen and oxygen atoms in total. The minimum Gasteiger partial charge on any atom is -0.385 e. The second kappa shape index (κ2) is 11.3. The highest BCUT2D eigenvalue weighted by Gasteiger charge is 2.35. The third-order valence-electron chi connectivity index (χ3n) is 5.47. The molecule has 0 bridgehead atoms. The first-order valence-electron chi connectivity index (χ1n) is 10.9. The summed E-state index contributed by atoms with van der Waals surface area (Å²) in [5.41, 5.74) is 2.32. The molecule has 10 heteroatoms. The van der Waals surface area contributed by atoms with Gasteiger partial charge in [0.15, 0.2) is 0 Å². The smallest absolute Gasteiger partial charge is 0.293 e. The van der Waals surface area contributed by atoms with E-state index in [4.69, 9.17) is 27.9 Å². The first kappa shape index (κ1) is 25.3. The number of ether oxygens (including phenoxy) is 1. The molecule has 0 spiro atoms. The largest absolute Gasteiger partial charge is 0.385 e. The van der Waals surface area contributed by atoms with Crippen LogP contribution in [0.4, 0.5) is 4.79 Å². The van der Waals surface area contributed by atoms with Crippen molar-refractivity contribution in [2.45, 2.75) is 19.5 Å². The maximum atomic E-state index is 13.0. The van der Waals surface area contributed by atoms with E-state index in [1.54, 1.807) is 31.4 Å². The van der Waals surface area contributed by atoms with Crippen molar-refractivity contribution in [1.82, 2.24) is 14.8 Å². The monoisotopic (exact) mass is 531 g/mol. The summed E-state index contributed by atoms with van der Waals surface area (Å²) in [6, 6.07) is 12.6. The number of hydrogen-bond donors (Lipinski definition) is 1. The van der Waals surface area contributed by atoms with Gasteiger partial charge in [-0.2, -0.15) is 0 Å².